The van der Waals surface area contributed by atoms with Crippen LogP contribution in [0.25, 0.3) is 0 Å². The third-order valence-corrected chi connectivity index (χ3v) is 5.15. The average molecular weight is 502 g/mol. The van der Waals surface area contributed by atoms with Gasteiger partial charge in [-0.3, -0.25) is 18.6 Å². The number of alkyl carbamates (subject to hydrolysis) is 1. The molecule has 0 atom stereocenters. The highest BCUT2D eigenvalue weighted by molar-refractivity contribution is 7.47. The SMILES string of the molecule is CC.CC(C)(C)C(=O)OCOP(CCNC(=O)OCc1ccccc1)OCOC(=O)C(C)(C)C. The Balaban J connectivity index is 0.00000529. The topological polar surface area (TPSA) is 109 Å². The van der Waals surface area contributed by atoms with Crippen LogP contribution in [-0.2, 0) is 39.5 Å². The summed E-state index contributed by atoms with van der Waals surface area (Å²) in [6, 6.07) is 9.30. The molecule has 194 valence electrons. The molecule has 1 aromatic rings. The largest absolute Gasteiger partial charge is 0.445 e. The fraction of sp³-hybridized carbons (Fsp3) is 0.625. The molecule has 0 aromatic heterocycles. The molecule has 1 aromatic carbocycles. The van der Waals surface area contributed by atoms with Gasteiger partial charge in [-0.1, -0.05) is 44.2 Å². The van der Waals surface area contributed by atoms with Crippen molar-refractivity contribution in [3.8, 4) is 0 Å². The van der Waals surface area contributed by atoms with E-state index >= 15 is 0 Å². The predicted octanol–water partition coefficient (Wildman–Crippen LogP) is 5.38. The van der Waals surface area contributed by atoms with Crippen LogP contribution >= 0.6 is 8.38 Å². The summed E-state index contributed by atoms with van der Waals surface area (Å²) in [5.41, 5.74) is -0.462. The summed E-state index contributed by atoms with van der Waals surface area (Å²) in [5.74, 6) is -0.844. The van der Waals surface area contributed by atoms with Gasteiger partial charge >= 0.3 is 18.0 Å². The molecule has 0 saturated heterocycles. The molecule has 0 unspecified atom stereocenters. The molecule has 0 radical (unpaired) electrons. The van der Waals surface area contributed by atoms with E-state index in [9.17, 15) is 14.4 Å². The zero-order valence-electron chi connectivity index (χ0n) is 21.6. The van der Waals surface area contributed by atoms with E-state index in [0.717, 1.165) is 5.56 Å². The Labute approximate surface area is 204 Å². The van der Waals surface area contributed by atoms with Gasteiger partial charge in [-0.25, -0.2) is 4.79 Å². The number of rotatable bonds is 11. The van der Waals surface area contributed by atoms with Gasteiger partial charge in [0.25, 0.3) is 0 Å². The Morgan fingerprint density at radius 2 is 1.26 bits per heavy atom. The van der Waals surface area contributed by atoms with Crippen LogP contribution in [0.5, 0.6) is 0 Å². The summed E-state index contributed by atoms with van der Waals surface area (Å²) in [5, 5.41) is 2.61. The van der Waals surface area contributed by atoms with E-state index in [1.54, 1.807) is 41.5 Å². The Morgan fingerprint density at radius 3 is 1.71 bits per heavy atom. The molecule has 1 rings (SSSR count). The van der Waals surface area contributed by atoms with Gasteiger partial charge in [0.15, 0.2) is 22.0 Å². The van der Waals surface area contributed by atoms with E-state index < -0.39 is 37.2 Å². The molecule has 1 N–H and O–H groups in total. The van der Waals surface area contributed by atoms with E-state index in [1.165, 1.54) is 0 Å². The van der Waals surface area contributed by atoms with Crippen molar-refractivity contribution < 1.29 is 37.6 Å². The standard InChI is InChI=1S/C22H34NO8P.C2H6/c1-21(2,3)18(24)28-15-30-32(31-16-29-19(25)22(4,5)6)13-12-23-20(26)27-14-17-10-8-7-9-11-17;1-2/h7-11H,12-16H2,1-6H3,(H,23,26);1-2H3. The molecule has 0 spiro atoms. The normalized spacial score (nSPS) is 11.2. The van der Waals surface area contributed by atoms with Crippen LogP contribution < -0.4 is 5.32 Å². The molecule has 9 nitrogen and oxygen atoms in total. The molecule has 0 aliphatic heterocycles. The van der Waals surface area contributed by atoms with Crippen LogP contribution in [0.4, 0.5) is 4.79 Å². The zero-order valence-corrected chi connectivity index (χ0v) is 22.5. The highest BCUT2D eigenvalue weighted by Crippen LogP contribution is 2.38. The smallest absolute Gasteiger partial charge is 0.407 e. The summed E-state index contributed by atoms with van der Waals surface area (Å²) in [7, 11) is -1.60. The summed E-state index contributed by atoms with van der Waals surface area (Å²) in [6.07, 6.45) is -0.308. The Bertz CT molecular complexity index is 697. The number of carbonyl (C=O) groups excluding carboxylic acids is 3. The summed E-state index contributed by atoms with van der Waals surface area (Å²) in [6.45, 7) is 14.1. The second-order valence-corrected chi connectivity index (χ2v) is 10.5. The number of hydrogen-bond donors (Lipinski definition) is 1. The third-order valence-electron chi connectivity index (χ3n) is 3.77. The van der Waals surface area contributed by atoms with Gasteiger partial charge in [-0.2, -0.15) is 0 Å². The molecule has 34 heavy (non-hydrogen) atoms. The lowest BCUT2D eigenvalue weighted by Crippen LogP contribution is -2.28. The van der Waals surface area contributed by atoms with Gasteiger partial charge in [0.2, 0.25) is 0 Å². The second kappa shape index (κ2) is 16.4. The maximum Gasteiger partial charge on any atom is 0.407 e. The number of amides is 1. The molecule has 10 heteroatoms. The minimum Gasteiger partial charge on any atom is -0.445 e. The molecule has 0 saturated carbocycles. The average Bonchev–Trinajstić information content (AvgIpc) is 2.78. The minimum absolute atomic E-state index is 0.153. The van der Waals surface area contributed by atoms with Gasteiger partial charge in [0.1, 0.15) is 6.61 Å². The highest BCUT2D eigenvalue weighted by atomic mass is 31.2. The Hall–Kier alpha value is -2.22. The van der Waals surface area contributed by atoms with Crippen LogP contribution in [0, 0.1) is 10.8 Å². The first-order valence-electron chi connectivity index (χ1n) is 11.2. The first kappa shape index (κ1) is 31.8. The van der Waals surface area contributed by atoms with E-state index in [-0.39, 0.29) is 32.9 Å². The third kappa shape index (κ3) is 14.8. The van der Waals surface area contributed by atoms with Crippen LogP contribution in [-0.4, -0.2) is 44.3 Å². The molecule has 0 fully saturated rings. The van der Waals surface area contributed by atoms with Crippen molar-refractivity contribution in [3.05, 3.63) is 35.9 Å². The molecular formula is C24H40NO8P. The predicted molar refractivity (Wildman–Crippen MR) is 131 cm³/mol. The molecule has 0 aliphatic carbocycles. The Morgan fingerprint density at radius 1 is 0.794 bits per heavy atom. The Kier molecular flexibility index (Phi) is 15.3. The monoisotopic (exact) mass is 501 g/mol. The van der Waals surface area contributed by atoms with Gasteiger partial charge in [0, 0.05) is 12.7 Å². The molecule has 1 amide bonds. The fourth-order valence-electron chi connectivity index (χ4n) is 1.90. The van der Waals surface area contributed by atoms with Gasteiger partial charge < -0.3 is 19.5 Å². The number of benzene rings is 1. The van der Waals surface area contributed by atoms with Gasteiger partial charge in [0.05, 0.1) is 10.8 Å². The number of nitrogens with one attached hydrogen (secondary N) is 1. The summed E-state index contributed by atoms with van der Waals surface area (Å²) >= 11 is 0. The maximum absolute atomic E-state index is 11.9. The van der Waals surface area contributed by atoms with Crippen molar-refractivity contribution in [2.45, 2.75) is 62.0 Å². The summed E-state index contributed by atoms with van der Waals surface area (Å²) in [4.78, 5) is 35.6. The fourth-order valence-corrected chi connectivity index (χ4v) is 2.87. The number of hydrogen-bond acceptors (Lipinski definition) is 8. The van der Waals surface area contributed by atoms with E-state index in [1.807, 2.05) is 44.2 Å². The van der Waals surface area contributed by atoms with E-state index in [0.29, 0.717) is 0 Å². The van der Waals surface area contributed by atoms with Crippen LogP contribution in [0.15, 0.2) is 30.3 Å². The van der Waals surface area contributed by atoms with Crippen molar-refractivity contribution in [2.75, 3.05) is 26.3 Å². The van der Waals surface area contributed by atoms with Crippen molar-refractivity contribution >= 4 is 26.4 Å². The van der Waals surface area contributed by atoms with Crippen molar-refractivity contribution in [1.82, 2.24) is 5.32 Å². The summed E-state index contributed by atoms with van der Waals surface area (Å²) < 4.78 is 26.3. The highest BCUT2D eigenvalue weighted by Gasteiger charge is 2.25. The first-order valence-corrected chi connectivity index (χ1v) is 12.6. The van der Waals surface area contributed by atoms with Crippen LogP contribution in [0.2, 0.25) is 0 Å². The van der Waals surface area contributed by atoms with Crippen molar-refractivity contribution in [2.24, 2.45) is 10.8 Å². The zero-order chi connectivity index (χ0) is 26.2. The van der Waals surface area contributed by atoms with Crippen LogP contribution in [0.1, 0.15) is 61.0 Å². The lowest BCUT2D eigenvalue weighted by Gasteiger charge is -2.21. The van der Waals surface area contributed by atoms with E-state index in [2.05, 4.69) is 5.32 Å². The quantitative estimate of drug-likeness (QED) is 0.186. The van der Waals surface area contributed by atoms with Gasteiger partial charge in [-0.15, -0.1) is 0 Å². The molecular weight excluding hydrogens is 461 g/mol. The lowest BCUT2D eigenvalue weighted by molar-refractivity contribution is -0.161. The number of esters is 2. The molecule has 0 heterocycles. The molecule has 0 aliphatic rings. The number of ether oxygens (including phenoxy) is 3. The minimum atomic E-state index is -1.60. The van der Waals surface area contributed by atoms with Gasteiger partial charge in [-0.05, 0) is 47.1 Å². The first-order chi connectivity index (χ1) is 15.9. The lowest BCUT2D eigenvalue weighted by atomic mass is 9.98. The second-order valence-electron chi connectivity index (χ2n) is 8.90. The van der Waals surface area contributed by atoms with Crippen LogP contribution in [0.3, 0.4) is 0 Å². The van der Waals surface area contributed by atoms with Crippen molar-refractivity contribution in [1.29, 1.82) is 0 Å². The van der Waals surface area contributed by atoms with E-state index in [4.69, 9.17) is 23.3 Å². The van der Waals surface area contributed by atoms with Crippen molar-refractivity contribution in [3.63, 3.8) is 0 Å². The maximum atomic E-state index is 11.9. The number of carbonyl (C=O) groups is 3. The molecule has 0 bridgehead atoms.